The van der Waals surface area contributed by atoms with Gasteiger partial charge in [0.1, 0.15) is 5.69 Å². The van der Waals surface area contributed by atoms with Crippen LogP contribution in [0.15, 0.2) is 23.0 Å². The van der Waals surface area contributed by atoms with Gasteiger partial charge < -0.3 is 9.15 Å². The van der Waals surface area contributed by atoms with E-state index in [4.69, 9.17) is 9.15 Å². The lowest BCUT2D eigenvalue weighted by Crippen LogP contribution is -2.06. The lowest BCUT2D eigenvalue weighted by molar-refractivity contribution is 0.0520. The van der Waals surface area contributed by atoms with Crippen LogP contribution in [0.5, 0.6) is 0 Å². The topological polar surface area (TPSA) is 81.0 Å². The molecule has 78 valence electrons. The number of rotatable bonds is 3. The van der Waals surface area contributed by atoms with Gasteiger partial charge in [0.2, 0.25) is 0 Å². The first kappa shape index (κ1) is 9.45. The van der Waals surface area contributed by atoms with Gasteiger partial charge in [0.15, 0.2) is 5.69 Å². The van der Waals surface area contributed by atoms with E-state index < -0.39 is 5.97 Å². The molecule has 6 nitrogen and oxygen atoms in total. The molecule has 2 aromatic heterocycles. The summed E-state index contributed by atoms with van der Waals surface area (Å²) in [6.45, 7) is 2.03. The molecule has 0 aliphatic carbocycles. The van der Waals surface area contributed by atoms with Crippen molar-refractivity contribution in [1.29, 1.82) is 0 Å². The smallest absolute Gasteiger partial charge is 0.361 e. The highest BCUT2D eigenvalue weighted by Crippen LogP contribution is 2.20. The lowest BCUT2D eigenvalue weighted by atomic mass is 10.2. The van der Waals surface area contributed by atoms with Crippen molar-refractivity contribution >= 4 is 5.97 Å². The van der Waals surface area contributed by atoms with E-state index in [1.807, 2.05) is 0 Å². The van der Waals surface area contributed by atoms with E-state index in [1.54, 1.807) is 13.0 Å². The summed E-state index contributed by atoms with van der Waals surface area (Å²) in [7, 11) is 0. The molecule has 0 aliphatic heterocycles. The third-order valence-corrected chi connectivity index (χ3v) is 1.81. The van der Waals surface area contributed by atoms with Crippen molar-refractivity contribution in [3.63, 3.8) is 0 Å². The number of hydrogen-bond donors (Lipinski definition) is 1. The first-order valence-corrected chi connectivity index (χ1v) is 4.43. The van der Waals surface area contributed by atoms with Crippen LogP contribution in [0.25, 0.3) is 11.3 Å². The summed E-state index contributed by atoms with van der Waals surface area (Å²) in [5.41, 5.74) is 1.28. The third kappa shape index (κ3) is 1.74. The molecule has 0 aromatic carbocycles. The molecule has 0 bridgehead atoms. The van der Waals surface area contributed by atoms with Gasteiger partial charge >= 0.3 is 5.97 Å². The summed E-state index contributed by atoms with van der Waals surface area (Å²) in [6, 6.07) is 1.70. The second-order valence-corrected chi connectivity index (χ2v) is 2.75. The van der Waals surface area contributed by atoms with Crippen LogP contribution in [-0.2, 0) is 4.74 Å². The van der Waals surface area contributed by atoms with Crippen LogP contribution in [0.1, 0.15) is 17.4 Å². The fourth-order valence-electron chi connectivity index (χ4n) is 1.17. The Morgan fingerprint density at radius 1 is 1.60 bits per heavy atom. The summed E-state index contributed by atoms with van der Waals surface area (Å²) in [5.74, 6) is -0.498. The van der Waals surface area contributed by atoms with E-state index in [1.165, 1.54) is 12.5 Å². The standard InChI is InChI=1S/C9H9N3O3/c1-2-15-9(13)8-7(10-12-11-8)6-3-4-14-5-6/h3-5H,2H2,1H3,(H,10,11,12). The van der Waals surface area contributed by atoms with Crippen LogP contribution >= 0.6 is 0 Å². The van der Waals surface area contributed by atoms with Crippen molar-refractivity contribution < 1.29 is 13.9 Å². The Hall–Kier alpha value is -2.11. The number of furan rings is 1. The molecule has 0 saturated carbocycles. The summed E-state index contributed by atoms with van der Waals surface area (Å²) in [5, 5.41) is 9.99. The number of aromatic amines is 1. The van der Waals surface area contributed by atoms with E-state index >= 15 is 0 Å². The number of carbonyl (C=O) groups is 1. The van der Waals surface area contributed by atoms with Crippen molar-refractivity contribution in [2.75, 3.05) is 6.61 Å². The van der Waals surface area contributed by atoms with Crippen LogP contribution in [-0.4, -0.2) is 28.0 Å². The highest BCUT2D eigenvalue weighted by atomic mass is 16.5. The van der Waals surface area contributed by atoms with Crippen LogP contribution < -0.4 is 0 Å². The molecular formula is C9H9N3O3. The van der Waals surface area contributed by atoms with Crippen molar-refractivity contribution in [2.24, 2.45) is 0 Å². The monoisotopic (exact) mass is 207 g/mol. The molecule has 0 unspecified atom stereocenters. The Balaban J connectivity index is 2.34. The molecule has 0 atom stereocenters. The van der Waals surface area contributed by atoms with Gasteiger partial charge in [-0.05, 0) is 13.0 Å². The van der Waals surface area contributed by atoms with Crippen molar-refractivity contribution in [3.05, 3.63) is 24.3 Å². The molecule has 0 saturated heterocycles. The molecule has 0 amide bonds. The number of ether oxygens (including phenoxy) is 1. The molecular weight excluding hydrogens is 198 g/mol. The molecule has 1 N–H and O–H groups in total. The fraction of sp³-hybridized carbons (Fsp3) is 0.222. The molecule has 0 fully saturated rings. The van der Waals surface area contributed by atoms with Crippen LogP contribution in [0.3, 0.4) is 0 Å². The Labute approximate surface area is 85.2 Å². The Bertz CT molecular complexity index is 447. The first-order chi connectivity index (χ1) is 7.33. The predicted molar refractivity (Wildman–Crippen MR) is 50.0 cm³/mol. The molecule has 6 heteroatoms. The maximum atomic E-state index is 11.4. The van der Waals surface area contributed by atoms with Gasteiger partial charge in [0, 0.05) is 5.56 Å². The summed E-state index contributed by atoms with van der Waals surface area (Å²) in [6.07, 6.45) is 2.99. The van der Waals surface area contributed by atoms with Crippen LogP contribution in [0, 0.1) is 0 Å². The van der Waals surface area contributed by atoms with E-state index in [-0.39, 0.29) is 5.69 Å². The number of aromatic nitrogens is 3. The number of esters is 1. The Kier molecular flexibility index (Phi) is 2.49. The summed E-state index contributed by atoms with van der Waals surface area (Å²) in [4.78, 5) is 11.4. The number of nitrogens with zero attached hydrogens (tertiary/aromatic N) is 2. The number of H-pyrrole nitrogens is 1. The van der Waals surface area contributed by atoms with Crippen molar-refractivity contribution in [1.82, 2.24) is 15.4 Å². The van der Waals surface area contributed by atoms with E-state index in [0.29, 0.717) is 17.9 Å². The fourth-order valence-corrected chi connectivity index (χ4v) is 1.17. The highest BCUT2D eigenvalue weighted by molar-refractivity contribution is 5.93. The summed E-state index contributed by atoms with van der Waals surface area (Å²) < 4.78 is 9.73. The van der Waals surface area contributed by atoms with Gasteiger partial charge in [-0.25, -0.2) is 4.79 Å². The predicted octanol–water partition coefficient (Wildman–Crippen LogP) is 1.24. The molecule has 0 radical (unpaired) electrons. The van der Waals surface area contributed by atoms with E-state index in [2.05, 4.69) is 15.4 Å². The second-order valence-electron chi connectivity index (χ2n) is 2.75. The average molecular weight is 207 g/mol. The lowest BCUT2D eigenvalue weighted by Gasteiger charge is -1.98. The highest BCUT2D eigenvalue weighted by Gasteiger charge is 2.19. The number of nitrogens with one attached hydrogen (secondary N) is 1. The van der Waals surface area contributed by atoms with Crippen molar-refractivity contribution in [2.45, 2.75) is 6.92 Å². The van der Waals surface area contributed by atoms with E-state index in [0.717, 1.165) is 0 Å². The van der Waals surface area contributed by atoms with Gasteiger partial charge in [-0.15, -0.1) is 5.10 Å². The average Bonchev–Trinajstić information content (AvgIpc) is 2.88. The molecule has 15 heavy (non-hydrogen) atoms. The summed E-state index contributed by atoms with van der Waals surface area (Å²) >= 11 is 0. The van der Waals surface area contributed by atoms with Gasteiger partial charge in [-0.1, -0.05) is 0 Å². The largest absolute Gasteiger partial charge is 0.472 e. The quantitative estimate of drug-likeness (QED) is 0.766. The van der Waals surface area contributed by atoms with Gasteiger partial charge in [0.05, 0.1) is 19.1 Å². The first-order valence-electron chi connectivity index (χ1n) is 4.43. The van der Waals surface area contributed by atoms with Crippen LogP contribution in [0.2, 0.25) is 0 Å². The zero-order chi connectivity index (χ0) is 10.7. The van der Waals surface area contributed by atoms with E-state index in [9.17, 15) is 4.79 Å². The Morgan fingerprint density at radius 3 is 3.13 bits per heavy atom. The van der Waals surface area contributed by atoms with Gasteiger partial charge in [-0.2, -0.15) is 10.3 Å². The van der Waals surface area contributed by atoms with Gasteiger partial charge in [-0.3, -0.25) is 0 Å². The minimum absolute atomic E-state index is 0.165. The molecule has 2 rings (SSSR count). The zero-order valence-corrected chi connectivity index (χ0v) is 8.06. The van der Waals surface area contributed by atoms with Gasteiger partial charge in [0.25, 0.3) is 0 Å². The molecule has 0 aliphatic rings. The third-order valence-electron chi connectivity index (χ3n) is 1.81. The molecule has 0 spiro atoms. The molecule has 2 heterocycles. The number of hydrogen-bond acceptors (Lipinski definition) is 5. The SMILES string of the molecule is CCOC(=O)c1n[nH]nc1-c1ccoc1. The number of carbonyl (C=O) groups excluding carboxylic acids is 1. The Morgan fingerprint density at radius 2 is 2.47 bits per heavy atom. The van der Waals surface area contributed by atoms with Crippen molar-refractivity contribution in [3.8, 4) is 11.3 Å². The zero-order valence-electron chi connectivity index (χ0n) is 8.06. The second kappa shape index (κ2) is 3.95. The minimum Gasteiger partial charge on any atom is -0.472 e. The normalized spacial score (nSPS) is 10.2. The maximum absolute atomic E-state index is 11.4. The maximum Gasteiger partial charge on any atom is 0.361 e. The van der Waals surface area contributed by atoms with Crippen LogP contribution in [0.4, 0.5) is 0 Å². The minimum atomic E-state index is -0.498. The molecule has 2 aromatic rings.